The molecular weight excluding hydrogens is 264 g/mol. The SMILES string of the molecule is COCc1cc(C#N)nc(NC2CCC(F)(F)CC2)c1. The Morgan fingerprint density at radius 1 is 1.45 bits per heavy atom. The average molecular weight is 281 g/mol. The zero-order chi connectivity index (χ0) is 14.6. The summed E-state index contributed by atoms with van der Waals surface area (Å²) in [7, 11) is 1.57. The van der Waals surface area contributed by atoms with Gasteiger partial charge >= 0.3 is 0 Å². The average Bonchev–Trinajstić information content (AvgIpc) is 2.41. The number of methoxy groups -OCH3 is 1. The van der Waals surface area contributed by atoms with E-state index in [1.54, 1.807) is 19.2 Å². The highest BCUT2D eigenvalue weighted by Gasteiger charge is 2.34. The van der Waals surface area contributed by atoms with Crippen molar-refractivity contribution in [2.75, 3.05) is 12.4 Å². The van der Waals surface area contributed by atoms with Gasteiger partial charge in [-0.1, -0.05) is 0 Å². The molecule has 2 rings (SSSR count). The Labute approximate surface area is 116 Å². The predicted octanol–water partition coefficient (Wildman–Crippen LogP) is 3.09. The van der Waals surface area contributed by atoms with E-state index in [2.05, 4.69) is 10.3 Å². The molecule has 0 saturated heterocycles. The standard InChI is InChI=1S/C14H17F2N3O/c1-20-9-10-6-12(8-17)19-13(7-10)18-11-2-4-14(15,16)5-3-11/h6-7,11H,2-5,9H2,1H3,(H,18,19). The number of hydrogen-bond donors (Lipinski definition) is 1. The molecule has 0 aromatic carbocycles. The quantitative estimate of drug-likeness (QED) is 0.921. The van der Waals surface area contributed by atoms with Crippen molar-refractivity contribution in [1.82, 2.24) is 4.98 Å². The molecule has 1 heterocycles. The lowest BCUT2D eigenvalue weighted by Gasteiger charge is -2.29. The third-order valence-electron chi connectivity index (χ3n) is 3.38. The number of hydrogen-bond acceptors (Lipinski definition) is 4. The van der Waals surface area contributed by atoms with Crippen molar-refractivity contribution in [2.24, 2.45) is 0 Å². The fourth-order valence-electron chi connectivity index (χ4n) is 2.36. The molecule has 108 valence electrons. The summed E-state index contributed by atoms with van der Waals surface area (Å²) in [6.07, 6.45) is 0.608. The molecule has 0 unspecified atom stereocenters. The Bertz CT molecular complexity index is 504. The number of nitriles is 1. The number of nitrogens with zero attached hydrogens (tertiary/aromatic N) is 2. The van der Waals surface area contributed by atoms with E-state index in [-0.39, 0.29) is 18.9 Å². The molecule has 1 fully saturated rings. The van der Waals surface area contributed by atoms with Crippen LogP contribution in [-0.2, 0) is 11.3 Å². The smallest absolute Gasteiger partial charge is 0.248 e. The van der Waals surface area contributed by atoms with E-state index in [0.29, 0.717) is 31.0 Å². The first-order valence-electron chi connectivity index (χ1n) is 6.57. The molecule has 0 bridgehead atoms. The summed E-state index contributed by atoms with van der Waals surface area (Å²) in [5.74, 6) is -1.99. The van der Waals surface area contributed by atoms with E-state index in [9.17, 15) is 8.78 Å². The molecule has 1 aliphatic carbocycles. The van der Waals surface area contributed by atoms with Crippen LogP contribution in [0.15, 0.2) is 12.1 Å². The van der Waals surface area contributed by atoms with Gasteiger partial charge in [-0.15, -0.1) is 0 Å². The highest BCUT2D eigenvalue weighted by atomic mass is 19.3. The maximum atomic E-state index is 13.1. The lowest BCUT2D eigenvalue weighted by atomic mass is 9.92. The monoisotopic (exact) mass is 281 g/mol. The summed E-state index contributed by atoms with van der Waals surface area (Å²) in [5.41, 5.74) is 1.13. The summed E-state index contributed by atoms with van der Waals surface area (Å²) < 4.78 is 31.2. The fourth-order valence-corrected chi connectivity index (χ4v) is 2.36. The Kier molecular flexibility index (Phi) is 4.50. The third-order valence-corrected chi connectivity index (χ3v) is 3.38. The lowest BCUT2D eigenvalue weighted by molar-refractivity contribution is -0.0361. The Balaban J connectivity index is 2.05. The van der Waals surface area contributed by atoms with Crippen molar-refractivity contribution < 1.29 is 13.5 Å². The summed E-state index contributed by atoms with van der Waals surface area (Å²) in [6, 6.07) is 5.41. The maximum Gasteiger partial charge on any atom is 0.248 e. The molecule has 1 aromatic heterocycles. The van der Waals surface area contributed by atoms with Gasteiger partial charge in [0, 0.05) is 26.0 Å². The van der Waals surface area contributed by atoms with Crippen molar-refractivity contribution in [1.29, 1.82) is 5.26 Å². The number of ether oxygens (including phenoxy) is 1. The molecule has 20 heavy (non-hydrogen) atoms. The Morgan fingerprint density at radius 2 is 2.15 bits per heavy atom. The van der Waals surface area contributed by atoms with Crippen LogP contribution in [0.3, 0.4) is 0 Å². The molecule has 6 heteroatoms. The molecule has 0 aliphatic heterocycles. The summed E-state index contributed by atoms with van der Waals surface area (Å²) in [5, 5.41) is 12.1. The maximum absolute atomic E-state index is 13.1. The second kappa shape index (κ2) is 6.14. The number of nitrogens with one attached hydrogen (secondary N) is 1. The van der Waals surface area contributed by atoms with Crippen molar-refractivity contribution in [3.63, 3.8) is 0 Å². The minimum absolute atomic E-state index is 0.0218. The van der Waals surface area contributed by atoms with Crippen molar-refractivity contribution in [3.8, 4) is 6.07 Å². The van der Waals surface area contributed by atoms with Crippen LogP contribution in [-0.4, -0.2) is 24.1 Å². The van der Waals surface area contributed by atoms with Crippen LogP contribution in [0.1, 0.15) is 36.9 Å². The summed E-state index contributed by atoms with van der Waals surface area (Å²) in [6.45, 7) is 0.384. The predicted molar refractivity (Wildman–Crippen MR) is 70.5 cm³/mol. The molecule has 4 nitrogen and oxygen atoms in total. The molecule has 1 aromatic rings. The molecule has 0 radical (unpaired) electrons. The number of alkyl halides is 2. The first-order valence-corrected chi connectivity index (χ1v) is 6.57. The van der Waals surface area contributed by atoms with Crippen molar-refractivity contribution >= 4 is 5.82 Å². The highest BCUT2D eigenvalue weighted by molar-refractivity contribution is 5.43. The van der Waals surface area contributed by atoms with Gasteiger partial charge in [-0.05, 0) is 30.5 Å². The van der Waals surface area contributed by atoms with Gasteiger partial charge in [0.2, 0.25) is 5.92 Å². The van der Waals surface area contributed by atoms with Crippen LogP contribution in [0.4, 0.5) is 14.6 Å². The lowest BCUT2D eigenvalue weighted by Crippen LogP contribution is -2.32. The second-order valence-electron chi connectivity index (χ2n) is 5.07. The van der Waals surface area contributed by atoms with Crippen LogP contribution in [0.25, 0.3) is 0 Å². The first kappa shape index (κ1) is 14.7. The van der Waals surface area contributed by atoms with Gasteiger partial charge in [0.1, 0.15) is 17.6 Å². The van der Waals surface area contributed by atoms with Gasteiger partial charge in [0.05, 0.1) is 6.61 Å². The zero-order valence-electron chi connectivity index (χ0n) is 11.3. The van der Waals surface area contributed by atoms with Gasteiger partial charge in [0.15, 0.2) is 0 Å². The van der Waals surface area contributed by atoms with Gasteiger partial charge in [-0.3, -0.25) is 0 Å². The van der Waals surface area contributed by atoms with E-state index in [1.165, 1.54) is 0 Å². The molecule has 0 atom stereocenters. The van der Waals surface area contributed by atoms with Crippen LogP contribution < -0.4 is 5.32 Å². The van der Waals surface area contributed by atoms with Gasteiger partial charge < -0.3 is 10.1 Å². The Hall–Kier alpha value is -1.74. The van der Waals surface area contributed by atoms with Crippen LogP contribution in [0.2, 0.25) is 0 Å². The van der Waals surface area contributed by atoms with Crippen LogP contribution in [0, 0.1) is 11.3 Å². The normalized spacial score (nSPS) is 18.5. The third kappa shape index (κ3) is 3.87. The van der Waals surface area contributed by atoms with E-state index in [1.807, 2.05) is 6.07 Å². The largest absolute Gasteiger partial charge is 0.380 e. The van der Waals surface area contributed by atoms with E-state index >= 15 is 0 Å². The zero-order valence-corrected chi connectivity index (χ0v) is 11.3. The molecular formula is C14H17F2N3O. The first-order chi connectivity index (χ1) is 9.52. The van der Waals surface area contributed by atoms with Crippen molar-refractivity contribution in [2.45, 2.75) is 44.3 Å². The summed E-state index contributed by atoms with van der Waals surface area (Å²) >= 11 is 0. The topological polar surface area (TPSA) is 57.9 Å². The molecule has 1 aliphatic rings. The van der Waals surface area contributed by atoms with Crippen LogP contribution in [0.5, 0.6) is 0 Å². The van der Waals surface area contributed by atoms with Gasteiger partial charge in [-0.25, -0.2) is 13.8 Å². The molecule has 1 N–H and O–H groups in total. The molecule has 0 amide bonds. The fraction of sp³-hybridized carbons (Fsp3) is 0.571. The van der Waals surface area contributed by atoms with Crippen LogP contribution >= 0.6 is 0 Å². The number of aromatic nitrogens is 1. The van der Waals surface area contributed by atoms with E-state index in [4.69, 9.17) is 10.00 Å². The second-order valence-corrected chi connectivity index (χ2v) is 5.07. The molecule has 0 spiro atoms. The number of rotatable bonds is 4. The van der Waals surface area contributed by atoms with E-state index in [0.717, 1.165) is 5.56 Å². The van der Waals surface area contributed by atoms with Gasteiger partial charge in [0.25, 0.3) is 0 Å². The summed E-state index contributed by atoms with van der Waals surface area (Å²) in [4.78, 5) is 4.15. The minimum Gasteiger partial charge on any atom is -0.380 e. The van der Waals surface area contributed by atoms with E-state index < -0.39 is 5.92 Å². The number of anilines is 1. The number of halogens is 2. The minimum atomic E-state index is -2.54. The highest BCUT2D eigenvalue weighted by Crippen LogP contribution is 2.34. The van der Waals surface area contributed by atoms with Crippen molar-refractivity contribution in [3.05, 3.63) is 23.4 Å². The number of pyridine rings is 1. The Morgan fingerprint density at radius 3 is 2.75 bits per heavy atom. The van der Waals surface area contributed by atoms with Gasteiger partial charge in [-0.2, -0.15) is 5.26 Å². The molecule has 1 saturated carbocycles.